The number of aryl methyl sites for hydroxylation is 1. The van der Waals surface area contributed by atoms with Gasteiger partial charge in [0.25, 0.3) is 0 Å². The highest BCUT2D eigenvalue weighted by molar-refractivity contribution is 4.89. The lowest BCUT2D eigenvalue weighted by molar-refractivity contribution is 0.349. The fourth-order valence-corrected chi connectivity index (χ4v) is 2.38. The van der Waals surface area contributed by atoms with Gasteiger partial charge in [-0.1, -0.05) is 0 Å². The van der Waals surface area contributed by atoms with E-state index in [4.69, 9.17) is 0 Å². The van der Waals surface area contributed by atoms with Gasteiger partial charge in [0.15, 0.2) is 0 Å². The maximum Gasteiger partial charge on any atom is 0.133 e. The van der Waals surface area contributed by atoms with Gasteiger partial charge < -0.3 is 9.88 Å². The van der Waals surface area contributed by atoms with Crippen molar-refractivity contribution in [3.63, 3.8) is 0 Å². The lowest BCUT2D eigenvalue weighted by atomic mass is 9.93. The van der Waals surface area contributed by atoms with E-state index in [1.54, 1.807) is 0 Å². The second-order valence-corrected chi connectivity index (χ2v) is 4.98. The number of nitrogens with zero attached hydrogens (tertiary/aromatic N) is 3. The summed E-state index contributed by atoms with van der Waals surface area (Å²) in [5, 5.41) is 11.6. The van der Waals surface area contributed by atoms with E-state index in [1.807, 2.05) is 6.33 Å². The van der Waals surface area contributed by atoms with E-state index >= 15 is 0 Å². The van der Waals surface area contributed by atoms with Crippen LogP contribution in [0.1, 0.15) is 45.0 Å². The van der Waals surface area contributed by atoms with E-state index in [2.05, 4.69) is 33.9 Å². The smallest absolute Gasteiger partial charge is 0.133 e. The van der Waals surface area contributed by atoms with Gasteiger partial charge in [-0.15, -0.1) is 10.2 Å². The molecular formula is C12H22N4. The van der Waals surface area contributed by atoms with Crippen LogP contribution in [0.2, 0.25) is 0 Å². The molecule has 1 saturated heterocycles. The van der Waals surface area contributed by atoms with Crippen molar-refractivity contribution < 1.29 is 0 Å². The molecule has 1 aliphatic heterocycles. The van der Waals surface area contributed by atoms with Crippen LogP contribution < -0.4 is 5.32 Å². The van der Waals surface area contributed by atoms with Gasteiger partial charge in [0, 0.05) is 12.5 Å². The molecule has 0 atom stereocenters. The Bertz CT molecular complexity index is 313. The molecule has 90 valence electrons. The van der Waals surface area contributed by atoms with Crippen molar-refractivity contribution in [2.24, 2.45) is 5.92 Å². The first-order valence-electron chi connectivity index (χ1n) is 6.36. The Hall–Kier alpha value is -0.900. The van der Waals surface area contributed by atoms with Crippen LogP contribution in [0.15, 0.2) is 6.33 Å². The SMILES string of the molecule is CC(C)n1cnnc1CCC1CCNCC1. The number of hydrogen-bond acceptors (Lipinski definition) is 3. The minimum Gasteiger partial charge on any atom is -0.317 e. The number of piperidine rings is 1. The highest BCUT2D eigenvalue weighted by atomic mass is 15.3. The Kier molecular flexibility index (Phi) is 3.93. The van der Waals surface area contributed by atoms with Gasteiger partial charge >= 0.3 is 0 Å². The number of nitrogens with one attached hydrogen (secondary N) is 1. The van der Waals surface area contributed by atoms with Crippen molar-refractivity contribution in [3.8, 4) is 0 Å². The zero-order valence-corrected chi connectivity index (χ0v) is 10.3. The van der Waals surface area contributed by atoms with Crippen LogP contribution in [0.4, 0.5) is 0 Å². The summed E-state index contributed by atoms with van der Waals surface area (Å²) in [6.07, 6.45) is 6.81. The van der Waals surface area contributed by atoms with Gasteiger partial charge in [-0.2, -0.15) is 0 Å². The molecule has 2 heterocycles. The molecule has 0 radical (unpaired) electrons. The normalized spacial score (nSPS) is 18.2. The van der Waals surface area contributed by atoms with E-state index in [0.29, 0.717) is 6.04 Å². The van der Waals surface area contributed by atoms with E-state index < -0.39 is 0 Å². The maximum absolute atomic E-state index is 4.22. The average molecular weight is 222 g/mol. The Morgan fingerprint density at radius 2 is 2.19 bits per heavy atom. The first-order chi connectivity index (χ1) is 7.77. The van der Waals surface area contributed by atoms with Crippen molar-refractivity contribution in [2.45, 2.75) is 45.6 Å². The zero-order valence-electron chi connectivity index (χ0n) is 10.3. The molecular weight excluding hydrogens is 200 g/mol. The molecule has 0 saturated carbocycles. The van der Waals surface area contributed by atoms with E-state index in [0.717, 1.165) is 18.2 Å². The number of aromatic nitrogens is 3. The number of hydrogen-bond donors (Lipinski definition) is 1. The Morgan fingerprint density at radius 3 is 2.88 bits per heavy atom. The molecule has 1 N–H and O–H groups in total. The van der Waals surface area contributed by atoms with Gasteiger partial charge in [0.05, 0.1) is 0 Å². The lowest BCUT2D eigenvalue weighted by Gasteiger charge is -2.22. The third-order valence-corrected chi connectivity index (χ3v) is 3.44. The molecule has 0 spiro atoms. The summed E-state index contributed by atoms with van der Waals surface area (Å²) in [5.74, 6) is 2.02. The maximum atomic E-state index is 4.22. The second-order valence-electron chi connectivity index (χ2n) is 4.98. The average Bonchev–Trinajstić information content (AvgIpc) is 2.76. The van der Waals surface area contributed by atoms with Gasteiger partial charge in [0.1, 0.15) is 12.2 Å². The Labute approximate surface area is 97.5 Å². The topological polar surface area (TPSA) is 42.7 Å². The van der Waals surface area contributed by atoms with E-state index in [9.17, 15) is 0 Å². The summed E-state index contributed by atoms with van der Waals surface area (Å²) >= 11 is 0. The van der Waals surface area contributed by atoms with Gasteiger partial charge in [-0.3, -0.25) is 0 Å². The summed E-state index contributed by atoms with van der Waals surface area (Å²) < 4.78 is 2.18. The minimum atomic E-state index is 0.470. The lowest BCUT2D eigenvalue weighted by Crippen LogP contribution is -2.28. The molecule has 0 unspecified atom stereocenters. The van der Waals surface area contributed by atoms with Crippen LogP contribution in [-0.4, -0.2) is 27.9 Å². The van der Waals surface area contributed by atoms with Crippen molar-refractivity contribution in [1.29, 1.82) is 0 Å². The van der Waals surface area contributed by atoms with Crippen molar-refractivity contribution in [1.82, 2.24) is 20.1 Å². The molecule has 1 aromatic heterocycles. The highest BCUT2D eigenvalue weighted by Crippen LogP contribution is 2.18. The standard InChI is InChI=1S/C12H22N4/c1-10(2)16-9-14-15-12(16)4-3-11-5-7-13-8-6-11/h9-11,13H,3-8H2,1-2H3. The highest BCUT2D eigenvalue weighted by Gasteiger charge is 2.15. The predicted molar refractivity (Wildman–Crippen MR) is 64.3 cm³/mol. The summed E-state index contributed by atoms with van der Waals surface area (Å²) in [5.41, 5.74) is 0. The summed E-state index contributed by atoms with van der Waals surface area (Å²) in [6, 6.07) is 0.470. The van der Waals surface area contributed by atoms with E-state index in [-0.39, 0.29) is 0 Å². The molecule has 4 heteroatoms. The van der Waals surface area contributed by atoms with Gasteiger partial charge in [-0.25, -0.2) is 0 Å². The second kappa shape index (κ2) is 5.43. The van der Waals surface area contributed by atoms with Crippen molar-refractivity contribution in [2.75, 3.05) is 13.1 Å². The monoisotopic (exact) mass is 222 g/mol. The molecule has 1 fully saturated rings. The van der Waals surface area contributed by atoms with Crippen LogP contribution in [0.5, 0.6) is 0 Å². The zero-order chi connectivity index (χ0) is 11.4. The molecule has 2 rings (SSSR count). The van der Waals surface area contributed by atoms with Crippen LogP contribution in [-0.2, 0) is 6.42 Å². The fourth-order valence-electron chi connectivity index (χ4n) is 2.38. The molecule has 0 bridgehead atoms. The summed E-state index contributed by atoms with van der Waals surface area (Å²) in [7, 11) is 0. The molecule has 16 heavy (non-hydrogen) atoms. The molecule has 4 nitrogen and oxygen atoms in total. The number of rotatable bonds is 4. The summed E-state index contributed by atoms with van der Waals surface area (Å²) in [6.45, 7) is 6.72. The van der Waals surface area contributed by atoms with Crippen LogP contribution >= 0.6 is 0 Å². The van der Waals surface area contributed by atoms with Gasteiger partial charge in [-0.05, 0) is 52.1 Å². The third-order valence-electron chi connectivity index (χ3n) is 3.44. The first-order valence-corrected chi connectivity index (χ1v) is 6.36. The van der Waals surface area contributed by atoms with E-state index in [1.165, 1.54) is 32.4 Å². The largest absolute Gasteiger partial charge is 0.317 e. The Balaban J connectivity index is 1.86. The third kappa shape index (κ3) is 2.82. The van der Waals surface area contributed by atoms with Crippen LogP contribution in [0.25, 0.3) is 0 Å². The molecule has 0 amide bonds. The minimum absolute atomic E-state index is 0.470. The van der Waals surface area contributed by atoms with Crippen molar-refractivity contribution in [3.05, 3.63) is 12.2 Å². The van der Waals surface area contributed by atoms with Gasteiger partial charge in [0.2, 0.25) is 0 Å². The quantitative estimate of drug-likeness (QED) is 0.844. The van der Waals surface area contributed by atoms with Crippen molar-refractivity contribution >= 4 is 0 Å². The van der Waals surface area contributed by atoms with Crippen LogP contribution in [0.3, 0.4) is 0 Å². The first kappa shape index (κ1) is 11.6. The molecule has 1 aliphatic rings. The summed E-state index contributed by atoms with van der Waals surface area (Å²) in [4.78, 5) is 0. The fraction of sp³-hybridized carbons (Fsp3) is 0.833. The van der Waals surface area contributed by atoms with Crippen LogP contribution in [0, 0.1) is 5.92 Å². The molecule has 0 aliphatic carbocycles. The molecule has 0 aromatic carbocycles. The Morgan fingerprint density at radius 1 is 1.44 bits per heavy atom. The predicted octanol–water partition coefficient (Wildman–Crippen LogP) is 1.79. The molecule has 1 aromatic rings.